The second kappa shape index (κ2) is 8.60. The predicted molar refractivity (Wildman–Crippen MR) is 120 cm³/mol. The Morgan fingerprint density at radius 1 is 1.23 bits per heavy atom. The third-order valence-electron chi connectivity index (χ3n) is 6.02. The lowest BCUT2D eigenvalue weighted by molar-refractivity contribution is -0.113. The van der Waals surface area contributed by atoms with Gasteiger partial charge in [-0.25, -0.2) is 9.66 Å². The Labute approximate surface area is 180 Å². The number of aromatic nitrogens is 3. The highest BCUT2D eigenvalue weighted by molar-refractivity contribution is 6.06. The van der Waals surface area contributed by atoms with Gasteiger partial charge in [-0.2, -0.15) is 5.26 Å². The van der Waals surface area contributed by atoms with E-state index in [2.05, 4.69) is 21.9 Å². The van der Waals surface area contributed by atoms with Crippen LogP contribution in [0.2, 0.25) is 0 Å². The number of hydrogen-bond donors (Lipinski definition) is 1. The van der Waals surface area contributed by atoms with Crippen LogP contribution in [-0.2, 0) is 4.79 Å². The molecule has 1 saturated carbocycles. The molecule has 3 aromatic rings. The maximum Gasteiger partial charge on any atom is 0.280 e. The quantitative estimate of drug-likeness (QED) is 0.515. The van der Waals surface area contributed by atoms with Crippen molar-refractivity contribution in [1.82, 2.24) is 14.2 Å². The Balaban J connectivity index is 1.62. The lowest BCUT2D eigenvalue weighted by Crippen LogP contribution is -2.33. The van der Waals surface area contributed by atoms with E-state index in [0.717, 1.165) is 34.5 Å². The molecule has 1 aromatic carbocycles. The highest BCUT2D eigenvalue weighted by atomic mass is 16.2. The molecular weight excluding hydrogens is 390 g/mol. The van der Waals surface area contributed by atoms with Crippen LogP contribution < -0.4 is 11.0 Å². The van der Waals surface area contributed by atoms with Crippen molar-refractivity contribution in [2.75, 3.05) is 5.43 Å². The van der Waals surface area contributed by atoms with Gasteiger partial charge in [0.05, 0.1) is 10.9 Å². The van der Waals surface area contributed by atoms with E-state index in [1.165, 1.54) is 25.6 Å². The third-order valence-corrected chi connectivity index (χ3v) is 6.02. The van der Waals surface area contributed by atoms with Crippen LogP contribution in [-0.4, -0.2) is 20.1 Å². The van der Waals surface area contributed by atoms with Gasteiger partial charge in [0.2, 0.25) is 0 Å². The van der Waals surface area contributed by atoms with E-state index in [1.54, 1.807) is 30.3 Å². The summed E-state index contributed by atoms with van der Waals surface area (Å²) in [6.07, 6.45) is 8.90. The number of benzene rings is 1. The minimum absolute atomic E-state index is 0.0658. The first-order valence-electron chi connectivity index (χ1n) is 10.6. The fraction of sp³-hybridized carbons (Fsp3) is 0.333. The summed E-state index contributed by atoms with van der Waals surface area (Å²) in [5.74, 6) is -0.649. The van der Waals surface area contributed by atoms with Gasteiger partial charge >= 0.3 is 0 Å². The number of nitriles is 1. The number of nitrogens with one attached hydrogen (secondary N) is 1. The Hall–Kier alpha value is -3.66. The van der Waals surface area contributed by atoms with Gasteiger partial charge in [0, 0.05) is 17.4 Å². The van der Waals surface area contributed by atoms with Crippen LogP contribution in [0.3, 0.4) is 0 Å². The second-order valence-electron chi connectivity index (χ2n) is 8.04. The second-order valence-corrected chi connectivity index (χ2v) is 8.04. The summed E-state index contributed by atoms with van der Waals surface area (Å²) in [7, 11) is 0. The summed E-state index contributed by atoms with van der Waals surface area (Å²) in [6, 6.07) is 11.3. The number of carbonyl (C=O) groups is 1. The van der Waals surface area contributed by atoms with Gasteiger partial charge in [-0.3, -0.25) is 15.0 Å². The topological polar surface area (TPSA) is 92.7 Å². The van der Waals surface area contributed by atoms with Gasteiger partial charge in [0.1, 0.15) is 18.0 Å². The summed E-state index contributed by atoms with van der Waals surface area (Å²) in [4.78, 5) is 29.5. The number of hydrogen-bond acceptors (Lipinski definition) is 4. The lowest BCUT2D eigenvalue weighted by Gasteiger charge is -2.26. The molecule has 0 radical (unpaired) electrons. The fourth-order valence-electron chi connectivity index (χ4n) is 4.47. The highest BCUT2D eigenvalue weighted by Crippen LogP contribution is 2.32. The Bertz CT molecular complexity index is 1270. The van der Waals surface area contributed by atoms with Gasteiger partial charge in [-0.05, 0) is 56.5 Å². The zero-order valence-electron chi connectivity index (χ0n) is 17.8. The van der Waals surface area contributed by atoms with Crippen LogP contribution in [0, 0.1) is 25.2 Å². The molecule has 0 spiro atoms. The SMILES string of the molecule is Cc1cc(/C=C(/C#N)C(=O)Nn2cnc3ccccc3c2=O)c(C)n1C1CCCCC1. The van der Waals surface area contributed by atoms with Crippen molar-refractivity contribution in [3.8, 4) is 6.07 Å². The van der Waals surface area contributed by atoms with E-state index in [9.17, 15) is 14.9 Å². The molecule has 7 heteroatoms. The van der Waals surface area contributed by atoms with E-state index in [1.807, 2.05) is 19.1 Å². The molecule has 158 valence electrons. The van der Waals surface area contributed by atoms with Crippen molar-refractivity contribution in [2.24, 2.45) is 0 Å². The molecule has 0 unspecified atom stereocenters. The molecule has 1 aliphatic carbocycles. The summed E-state index contributed by atoms with van der Waals surface area (Å²) < 4.78 is 3.34. The molecule has 31 heavy (non-hydrogen) atoms. The van der Waals surface area contributed by atoms with Crippen molar-refractivity contribution in [3.63, 3.8) is 0 Å². The van der Waals surface area contributed by atoms with E-state index in [0.29, 0.717) is 16.9 Å². The summed E-state index contributed by atoms with van der Waals surface area (Å²) in [5.41, 5.74) is 5.59. The third kappa shape index (κ3) is 4.02. The number of rotatable bonds is 4. The van der Waals surface area contributed by atoms with E-state index >= 15 is 0 Å². The van der Waals surface area contributed by atoms with Crippen LogP contribution >= 0.6 is 0 Å². The van der Waals surface area contributed by atoms with Crippen LogP contribution in [0.4, 0.5) is 0 Å². The molecule has 1 fully saturated rings. The number of amides is 1. The molecule has 1 N–H and O–H groups in total. The molecule has 4 rings (SSSR count). The average molecular weight is 415 g/mol. The minimum atomic E-state index is -0.649. The van der Waals surface area contributed by atoms with Gasteiger partial charge in [-0.1, -0.05) is 31.4 Å². The highest BCUT2D eigenvalue weighted by Gasteiger charge is 2.20. The van der Waals surface area contributed by atoms with Crippen LogP contribution in [0.25, 0.3) is 17.0 Å². The number of aryl methyl sites for hydroxylation is 1. The average Bonchev–Trinajstić information content (AvgIpc) is 3.07. The van der Waals surface area contributed by atoms with Crippen molar-refractivity contribution < 1.29 is 4.79 Å². The van der Waals surface area contributed by atoms with Crippen LogP contribution in [0.1, 0.15) is 55.1 Å². The van der Waals surface area contributed by atoms with Gasteiger partial charge in [0.25, 0.3) is 11.5 Å². The zero-order valence-corrected chi connectivity index (χ0v) is 17.8. The van der Waals surface area contributed by atoms with Crippen LogP contribution in [0.5, 0.6) is 0 Å². The predicted octanol–water partition coefficient (Wildman–Crippen LogP) is 4.00. The van der Waals surface area contributed by atoms with Crippen molar-refractivity contribution >= 4 is 22.9 Å². The maximum absolute atomic E-state index is 12.7. The lowest BCUT2D eigenvalue weighted by atomic mass is 9.95. The van der Waals surface area contributed by atoms with E-state index in [4.69, 9.17) is 0 Å². The Morgan fingerprint density at radius 2 is 1.97 bits per heavy atom. The maximum atomic E-state index is 12.7. The first kappa shape index (κ1) is 20.6. The zero-order chi connectivity index (χ0) is 22.0. The van der Waals surface area contributed by atoms with Crippen molar-refractivity contribution in [1.29, 1.82) is 5.26 Å². The number of para-hydroxylation sites is 1. The minimum Gasteiger partial charge on any atom is -0.346 e. The first-order chi connectivity index (χ1) is 15.0. The molecule has 7 nitrogen and oxygen atoms in total. The first-order valence-corrected chi connectivity index (χ1v) is 10.6. The number of fused-ring (bicyclic) bond motifs is 1. The van der Waals surface area contributed by atoms with E-state index < -0.39 is 11.5 Å². The summed E-state index contributed by atoms with van der Waals surface area (Å²) >= 11 is 0. The van der Waals surface area contributed by atoms with Gasteiger partial charge in [0.15, 0.2) is 0 Å². The fourth-order valence-corrected chi connectivity index (χ4v) is 4.47. The number of carbonyl (C=O) groups excluding carboxylic acids is 1. The molecule has 1 amide bonds. The molecular formula is C24H25N5O2. The molecule has 0 atom stereocenters. The van der Waals surface area contributed by atoms with Crippen LogP contribution in [0.15, 0.2) is 47.0 Å². The monoisotopic (exact) mass is 415 g/mol. The van der Waals surface area contributed by atoms with E-state index in [-0.39, 0.29) is 5.57 Å². The van der Waals surface area contributed by atoms with Crippen molar-refractivity contribution in [2.45, 2.75) is 52.0 Å². The Morgan fingerprint density at radius 3 is 2.71 bits per heavy atom. The largest absolute Gasteiger partial charge is 0.346 e. The molecule has 0 saturated heterocycles. The smallest absolute Gasteiger partial charge is 0.280 e. The normalized spacial score (nSPS) is 15.1. The molecule has 1 aliphatic rings. The molecule has 2 aromatic heterocycles. The number of nitrogens with zero attached hydrogens (tertiary/aromatic N) is 4. The summed E-state index contributed by atoms with van der Waals surface area (Å²) in [6.45, 7) is 4.09. The standard InChI is InChI=1S/C24H25N5O2/c1-16-12-18(17(2)29(16)20-8-4-3-5-9-20)13-19(14-25)23(30)27-28-15-26-22-11-7-6-10-21(22)24(28)31/h6-7,10-13,15,20H,3-5,8-9H2,1-2H3,(H,27,30)/b19-13-. The Kier molecular flexibility index (Phi) is 5.72. The van der Waals surface area contributed by atoms with Crippen molar-refractivity contribution in [3.05, 3.63) is 69.5 Å². The molecule has 0 bridgehead atoms. The summed E-state index contributed by atoms with van der Waals surface area (Å²) in [5, 5.41) is 10.00. The van der Waals surface area contributed by atoms with Gasteiger partial charge < -0.3 is 4.57 Å². The molecule has 2 heterocycles. The molecule has 0 aliphatic heterocycles. The van der Waals surface area contributed by atoms with Gasteiger partial charge in [-0.15, -0.1) is 0 Å².